The first-order valence-corrected chi connectivity index (χ1v) is 21.1. The Hall–Kier alpha value is -6.49. The molecule has 0 N–H and O–H groups in total. The highest BCUT2D eigenvalue weighted by Gasteiger charge is 2.18. The average molecular weight is 833 g/mol. The summed E-state index contributed by atoms with van der Waals surface area (Å²) in [5.74, 6) is -1.94. The highest BCUT2D eigenvalue weighted by molar-refractivity contribution is 5.95. The van der Waals surface area contributed by atoms with E-state index in [0.29, 0.717) is 30.5 Å². The number of carbonyl (C=O) groups is 4. The zero-order chi connectivity index (χ0) is 43.2. The summed E-state index contributed by atoms with van der Waals surface area (Å²) in [6.07, 6.45) is 13.7. The van der Waals surface area contributed by atoms with Crippen LogP contribution in [0.3, 0.4) is 0 Å². The van der Waals surface area contributed by atoms with Gasteiger partial charge in [0.2, 0.25) is 0 Å². The van der Waals surface area contributed by atoms with E-state index in [1.807, 2.05) is 0 Å². The van der Waals surface area contributed by atoms with E-state index in [2.05, 4.69) is 13.8 Å². The second kappa shape index (κ2) is 24.6. The van der Waals surface area contributed by atoms with Gasteiger partial charge in [-0.05, 0) is 116 Å². The summed E-state index contributed by atoms with van der Waals surface area (Å²) in [7, 11) is 0. The van der Waals surface area contributed by atoms with E-state index < -0.39 is 29.7 Å². The summed E-state index contributed by atoms with van der Waals surface area (Å²) in [4.78, 5) is 51.3. The van der Waals surface area contributed by atoms with Crippen LogP contribution in [0.25, 0.3) is 0 Å². The van der Waals surface area contributed by atoms with Gasteiger partial charge in [0.05, 0.1) is 35.5 Å². The molecule has 320 valence electrons. The van der Waals surface area contributed by atoms with Crippen molar-refractivity contribution in [2.75, 3.05) is 13.2 Å². The predicted molar refractivity (Wildman–Crippen MR) is 230 cm³/mol. The van der Waals surface area contributed by atoms with Crippen molar-refractivity contribution in [3.05, 3.63) is 143 Å². The van der Waals surface area contributed by atoms with Crippen molar-refractivity contribution in [2.45, 2.75) is 90.9 Å². The van der Waals surface area contributed by atoms with Gasteiger partial charge in [-0.25, -0.2) is 23.6 Å². The fourth-order valence-corrected chi connectivity index (χ4v) is 6.16. The Morgan fingerprint density at radius 3 is 1.33 bits per heavy atom. The lowest BCUT2D eigenvalue weighted by Gasteiger charge is -2.10. The van der Waals surface area contributed by atoms with Gasteiger partial charge >= 0.3 is 23.9 Å². The Morgan fingerprint density at radius 1 is 0.393 bits per heavy atom. The Kier molecular flexibility index (Phi) is 18.4. The topological polar surface area (TPSA) is 124 Å². The fourth-order valence-electron chi connectivity index (χ4n) is 6.16. The molecule has 11 heteroatoms. The Morgan fingerprint density at radius 2 is 0.803 bits per heavy atom. The lowest BCUT2D eigenvalue weighted by molar-refractivity contribution is 0.0712. The number of benzene rings is 5. The first-order chi connectivity index (χ1) is 29.7. The summed E-state index contributed by atoms with van der Waals surface area (Å²) >= 11 is 0. The van der Waals surface area contributed by atoms with Crippen molar-refractivity contribution in [3.8, 4) is 34.5 Å². The van der Waals surface area contributed by atoms with Gasteiger partial charge < -0.3 is 28.4 Å². The fraction of sp³-hybridized carbons (Fsp3) is 0.320. The van der Waals surface area contributed by atoms with Gasteiger partial charge in [0.15, 0.2) is 0 Å². The van der Waals surface area contributed by atoms with Gasteiger partial charge in [0.1, 0.15) is 40.3 Å². The number of halogens is 1. The summed E-state index contributed by atoms with van der Waals surface area (Å²) in [6, 6.07) is 28.2. The number of hydrogen-bond acceptors (Lipinski definition) is 10. The van der Waals surface area contributed by atoms with Gasteiger partial charge in [-0.3, -0.25) is 0 Å². The molecule has 0 heterocycles. The van der Waals surface area contributed by atoms with Crippen LogP contribution in [0.2, 0.25) is 0 Å². The summed E-state index contributed by atoms with van der Waals surface area (Å²) in [5.41, 5.74) is 0.244. The number of ether oxygens (including phenoxy) is 6. The SMILES string of the molecule is CCCCCCCCOc1ccc(OC(=O)c2ccc(OC(=O)c3cccc(OC(=O)c4ccc(OC(=O)c5ccc(OCCCCCCCC)cc5F)cc4)c3)cc2)cc1. The van der Waals surface area contributed by atoms with Crippen LogP contribution in [0, 0.1) is 5.82 Å². The van der Waals surface area contributed by atoms with Crippen molar-refractivity contribution < 1.29 is 52.0 Å². The predicted octanol–water partition coefficient (Wildman–Crippen LogP) is 12.2. The van der Waals surface area contributed by atoms with Crippen molar-refractivity contribution in [1.82, 2.24) is 0 Å². The van der Waals surface area contributed by atoms with Crippen LogP contribution < -0.4 is 28.4 Å². The van der Waals surface area contributed by atoms with Crippen LogP contribution in [0.1, 0.15) is 132 Å². The minimum Gasteiger partial charge on any atom is -0.494 e. The van der Waals surface area contributed by atoms with Gasteiger partial charge in [0, 0.05) is 6.07 Å². The number of rotatable bonds is 24. The first-order valence-electron chi connectivity index (χ1n) is 21.1. The number of unbranched alkanes of at least 4 members (excludes halogenated alkanes) is 10. The molecule has 0 fully saturated rings. The largest absolute Gasteiger partial charge is 0.494 e. The van der Waals surface area contributed by atoms with Crippen molar-refractivity contribution in [2.24, 2.45) is 0 Å². The quantitative estimate of drug-likeness (QED) is 0.0337. The van der Waals surface area contributed by atoms with E-state index in [-0.39, 0.29) is 39.5 Å². The maximum Gasteiger partial charge on any atom is 0.346 e. The smallest absolute Gasteiger partial charge is 0.346 e. The normalized spacial score (nSPS) is 10.7. The highest BCUT2D eigenvalue weighted by Crippen LogP contribution is 2.24. The summed E-state index contributed by atoms with van der Waals surface area (Å²) in [5, 5.41) is 0. The Balaban J connectivity index is 1.05. The average Bonchev–Trinajstić information content (AvgIpc) is 3.27. The molecule has 61 heavy (non-hydrogen) atoms. The molecule has 0 aliphatic heterocycles. The molecule has 5 aromatic rings. The van der Waals surface area contributed by atoms with Crippen molar-refractivity contribution in [3.63, 3.8) is 0 Å². The van der Waals surface area contributed by atoms with Crippen LogP contribution in [0.15, 0.2) is 115 Å². The minimum absolute atomic E-state index is 0.0836. The number of carbonyl (C=O) groups excluding carboxylic acids is 4. The molecule has 0 bridgehead atoms. The standard InChI is InChI=1S/C50H53FO10/c1-3-5-7-9-11-13-32-56-39-26-28-42(29-27-39)58-47(52)36-18-22-40(23-19-36)59-49(54)38-16-15-17-44(34-38)61-48(53)37-20-24-41(25-21-37)60-50(55)45-31-30-43(35-46(45)51)57-33-14-12-10-8-6-4-2/h15-31,34-35H,3-14,32-33H2,1-2H3. The van der Waals surface area contributed by atoms with E-state index in [0.717, 1.165) is 38.2 Å². The number of hydrogen-bond donors (Lipinski definition) is 0. The lowest BCUT2D eigenvalue weighted by Crippen LogP contribution is -2.12. The monoisotopic (exact) mass is 832 g/mol. The maximum absolute atomic E-state index is 14.8. The molecular weight excluding hydrogens is 780 g/mol. The molecule has 0 aromatic heterocycles. The van der Waals surface area contributed by atoms with Crippen molar-refractivity contribution in [1.29, 1.82) is 0 Å². The zero-order valence-electron chi connectivity index (χ0n) is 34.8. The molecule has 10 nitrogen and oxygen atoms in total. The van der Waals surface area contributed by atoms with E-state index in [1.54, 1.807) is 24.3 Å². The van der Waals surface area contributed by atoms with Crippen LogP contribution in [-0.4, -0.2) is 37.1 Å². The van der Waals surface area contributed by atoms with Crippen LogP contribution in [0.5, 0.6) is 34.5 Å². The molecule has 0 aliphatic carbocycles. The van der Waals surface area contributed by atoms with Crippen LogP contribution in [-0.2, 0) is 0 Å². The molecule has 5 aromatic carbocycles. The molecule has 0 radical (unpaired) electrons. The maximum atomic E-state index is 14.8. The third kappa shape index (κ3) is 15.2. The Bertz CT molecular complexity index is 2160. The summed E-state index contributed by atoms with van der Waals surface area (Å²) in [6.45, 7) is 5.47. The third-order valence-corrected chi connectivity index (χ3v) is 9.61. The lowest BCUT2D eigenvalue weighted by atomic mass is 10.1. The molecule has 0 atom stereocenters. The molecule has 0 saturated heterocycles. The van der Waals surface area contributed by atoms with Crippen molar-refractivity contribution >= 4 is 23.9 Å². The van der Waals surface area contributed by atoms with Gasteiger partial charge in [0.25, 0.3) is 0 Å². The molecule has 0 aliphatic rings. The second-order valence-electron chi connectivity index (χ2n) is 14.5. The first kappa shape index (κ1) is 45.6. The molecule has 5 rings (SSSR count). The second-order valence-corrected chi connectivity index (χ2v) is 14.5. The van der Waals surface area contributed by atoms with Gasteiger partial charge in [-0.15, -0.1) is 0 Å². The van der Waals surface area contributed by atoms with E-state index in [1.165, 1.54) is 130 Å². The van der Waals surface area contributed by atoms with Crippen LogP contribution >= 0.6 is 0 Å². The summed E-state index contributed by atoms with van der Waals surface area (Å²) < 4.78 is 48.0. The molecule has 0 spiro atoms. The highest BCUT2D eigenvalue weighted by atomic mass is 19.1. The molecule has 0 unspecified atom stereocenters. The van der Waals surface area contributed by atoms with E-state index in [4.69, 9.17) is 28.4 Å². The number of esters is 4. The van der Waals surface area contributed by atoms with E-state index >= 15 is 0 Å². The molecular formula is C50H53FO10. The van der Waals surface area contributed by atoms with Gasteiger partial charge in [-0.2, -0.15) is 0 Å². The van der Waals surface area contributed by atoms with Gasteiger partial charge in [-0.1, -0.05) is 84.1 Å². The Labute approximate surface area is 356 Å². The molecule has 0 amide bonds. The zero-order valence-corrected chi connectivity index (χ0v) is 34.8. The minimum atomic E-state index is -0.904. The van der Waals surface area contributed by atoms with E-state index in [9.17, 15) is 23.6 Å². The third-order valence-electron chi connectivity index (χ3n) is 9.61. The molecule has 0 saturated carbocycles. The van der Waals surface area contributed by atoms with Crippen LogP contribution in [0.4, 0.5) is 4.39 Å².